The number of aromatic hydroxyl groups is 1. The molecule has 31 heavy (non-hydrogen) atoms. The van der Waals surface area contributed by atoms with Gasteiger partial charge in [0.1, 0.15) is 23.9 Å². The molecule has 7 nitrogen and oxygen atoms in total. The number of phenolic OH excluding ortho intramolecular Hbond substituents is 1. The number of hydrogen-bond acceptors (Lipinski definition) is 7. The second-order valence-electron chi connectivity index (χ2n) is 6.58. The van der Waals surface area contributed by atoms with Gasteiger partial charge in [0, 0.05) is 29.9 Å². The van der Waals surface area contributed by atoms with E-state index in [2.05, 4.69) is 20.6 Å². The van der Waals surface area contributed by atoms with Gasteiger partial charge in [0.25, 0.3) is 0 Å². The van der Waals surface area contributed by atoms with Crippen molar-refractivity contribution in [3.63, 3.8) is 0 Å². The molecular formula is C23H23ClN4O3. The van der Waals surface area contributed by atoms with Crippen LogP contribution in [0.25, 0.3) is 10.9 Å². The summed E-state index contributed by atoms with van der Waals surface area (Å²) in [5, 5.41) is 17.1. The monoisotopic (exact) mass is 438 g/mol. The Balaban J connectivity index is 0.00000272. The lowest BCUT2D eigenvalue weighted by molar-refractivity contribution is 0.146. The molecule has 0 amide bonds. The highest BCUT2D eigenvalue weighted by molar-refractivity contribution is 5.92. The SMILES string of the molecule is COCCOc1ccc(Nc2nc(Nc3cccc(O)c3)c3ccccc3n2)cc1.Cl. The van der Waals surface area contributed by atoms with E-state index in [1.54, 1.807) is 25.3 Å². The first-order chi connectivity index (χ1) is 14.7. The normalized spacial score (nSPS) is 10.4. The van der Waals surface area contributed by atoms with Crippen molar-refractivity contribution in [3.05, 3.63) is 72.8 Å². The summed E-state index contributed by atoms with van der Waals surface area (Å²) < 4.78 is 10.6. The molecule has 3 N–H and O–H groups in total. The summed E-state index contributed by atoms with van der Waals surface area (Å²) in [6, 6.07) is 22.2. The summed E-state index contributed by atoms with van der Waals surface area (Å²) in [7, 11) is 1.64. The largest absolute Gasteiger partial charge is 0.508 e. The van der Waals surface area contributed by atoms with Crippen molar-refractivity contribution in [1.82, 2.24) is 9.97 Å². The molecule has 8 heteroatoms. The number of aromatic nitrogens is 2. The maximum absolute atomic E-state index is 9.74. The number of benzene rings is 3. The second-order valence-corrected chi connectivity index (χ2v) is 6.58. The average molecular weight is 439 g/mol. The summed E-state index contributed by atoms with van der Waals surface area (Å²) in [5.74, 6) is 2.06. The number of methoxy groups -OCH3 is 1. The molecular weight excluding hydrogens is 416 g/mol. The van der Waals surface area contributed by atoms with Gasteiger partial charge in [-0.1, -0.05) is 18.2 Å². The maximum atomic E-state index is 9.74. The molecule has 3 aromatic carbocycles. The molecule has 0 aliphatic rings. The molecule has 0 aliphatic carbocycles. The van der Waals surface area contributed by atoms with Crippen LogP contribution in [0.4, 0.5) is 23.1 Å². The summed E-state index contributed by atoms with van der Waals surface area (Å²) in [5.41, 5.74) is 2.38. The minimum absolute atomic E-state index is 0. The number of halogens is 1. The Morgan fingerprint density at radius 3 is 2.42 bits per heavy atom. The van der Waals surface area contributed by atoms with Crippen molar-refractivity contribution in [2.75, 3.05) is 31.0 Å². The molecule has 0 bridgehead atoms. The van der Waals surface area contributed by atoms with Crippen LogP contribution in [0.3, 0.4) is 0 Å². The van der Waals surface area contributed by atoms with Crippen LogP contribution in [0.5, 0.6) is 11.5 Å². The smallest absolute Gasteiger partial charge is 0.229 e. The van der Waals surface area contributed by atoms with Crippen molar-refractivity contribution in [3.8, 4) is 11.5 Å². The number of nitrogens with zero attached hydrogens (tertiary/aromatic N) is 2. The Kier molecular flexibility index (Phi) is 7.48. The van der Waals surface area contributed by atoms with E-state index in [1.165, 1.54) is 0 Å². The van der Waals surface area contributed by atoms with Gasteiger partial charge >= 0.3 is 0 Å². The molecule has 0 fully saturated rings. The lowest BCUT2D eigenvalue weighted by Gasteiger charge is -2.12. The first kappa shape index (κ1) is 22.1. The van der Waals surface area contributed by atoms with E-state index in [0.29, 0.717) is 25.0 Å². The highest BCUT2D eigenvalue weighted by Crippen LogP contribution is 2.28. The molecule has 0 unspecified atom stereocenters. The van der Waals surface area contributed by atoms with Gasteiger partial charge in [-0.05, 0) is 48.5 Å². The van der Waals surface area contributed by atoms with Crippen LogP contribution < -0.4 is 15.4 Å². The fraction of sp³-hybridized carbons (Fsp3) is 0.130. The van der Waals surface area contributed by atoms with Gasteiger partial charge in [-0.3, -0.25) is 0 Å². The number of fused-ring (bicyclic) bond motifs is 1. The topological polar surface area (TPSA) is 88.5 Å². The van der Waals surface area contributed by atoms with Crippen LogP contribution in [0.15, 0.2) is 72.8 Å². The number of anilines is 4. The van der Waals surface area contributed by atoms with Gasteiger partial charge in [-0.25, -0.2) is 4.98 Å². The first-order valence-electron chi connectivity index (χ1n) is 9.53. The van der Waals surface area contributed by atoms with Crippen LogP contribution >= 0.6 is 12.4 Å². The van der Waals surface area contributed by atoms with Gasteiger partial charge in [0.15, 0.2) is 0 Å². The number of nitrogens with one attached hydrogen (secondary N) is 2. The Bertz CT molecular complexity index is 1140. The molecule has 0 atom stereocenters. The zero-order valence-corrected chi connectivity index (χ0v) is 17.7. The van der Waals surface area contributed by atoms with Crippen LogP contribution in [0.1, 0.15) is 0 Å². The minimum Gasteiger partial charge on any atom is -0.508 e. The highest BCUT2D eigenvalue weighted by Gasteiger charge is 2.09. The van der Waals surface area contributed by atoms with Crippen molar-refractivity contribution in [1.29, 1.82) is 0 Å². The number of para-hydroxylation sites is 1. The van der Waals surface area contributed by atoms with Crippen molar-refractivity contribution >= 4 is 46.5 Å². The summed E-state index contributed by atoms with van der Waals surface area (Å²) in [6.45, 7) is 1.04. The molecule has 0 aliphatic heterocycles. The Hall–Kier alpha value is -3.55. The van der Waals surface area contributed by atoms with E-state index >= 15 is 0 Å². The molecule has 1 aromatic heterocycles. The van der Waals surface area contributed by atoms with E-state index in [4.69, 9.17) is 9.47 Å². The van der Waals surface area contributed by atoms with Gasteiger partial charge in [-0.15, -0.1) is 12.4 Å². The predicted molar refractivity (Wildman–Crippen MR) is 125 cm³/mol. The number of hydrogen-bond donors (Lipinski definition) is 3. The van der Waals surface area contributed by atoms with Gasteiger partial charge in [0.2, 0.25) is 5.95 Å². The third-order valence-electron chi connectivity index (χ3n) is 4.38. The van der Waals surface area contributed by atoms with Gasteiger partial charge in [-0.2, -0.15) is 4.98 Å². The zero-order valence-electron chi connectivity index (χ0n) is 16.9. The number of ether oxygens (including phenoxy) is 2. The molecule has 0 radical (unpaired) electrons. The number of rotatable bonds is 8. The van der Waals surface area contributed by atoms with E-state index in [0.717, 1.165) is 28.0 Å². The van der Waals surface area contributed by atoms with Crippen LogP contribution in [-0.2, 0) is 4.74 Å². The summed E-state index contributed by atoms with van der Waals surface area (Å²) in [4.78, 5) is 9.26. The predicted octanol–water partition coefficient (Wildman–Crippen LogP) is 5.27. The molecule has 1 heterocycles. The lowest BCUT2D eigenvalue weighted by Crippen LogP contribution is -2.04. The van der Waals surface area contributed by atoms with Crippen LogP contribution in [0, 0.1) is 0 Å². The van der Waals surface area contributed by atoms with E-state index in [9.17, 15) is 5.11 Å². The molecule has 0 saturated carbocycles. The third-order valence-corrected chi connectivity index (χ3v) is 4.38. The fourth-order valence-corrected chi connectivity index (χ4v) is 2.95. The lowest BCUT2D eigenvalue weighted by atomic mass is 10.2. The van der Waals surface area contributed by atoms with E-state index in [-0.39, 0.29) is 18.2 Å². The minimum atomic E-state index is 0. The fourth-order valence-electron chi connectivity index (χ4n) is 2.95. The molecule has 0 spiro atoms. The van der Waals surface area contributed by atoms with Crippen molar-refractivity contribution in [2.45, 2.75) is 0 Å². The molecule has 0 saturated heterocycles. The molecule has 4 aromatic rings. The van der Waals surface area contributed by atoms with Crippen molar-refractivity contribution in [2.24, 2.45) is 0 Å². The summed E-state index contributed by atoms with van der Waals surface area (Å²) in [6.07, 6.45) is 0. The quantitative estimate of drug-likeness (QED) is 0.323. The molecule has 160 valence electrons. The highest BCUT2D eigenvalue weighted by atomic mass is 35.5. The van der Waals surface area contributed by atoms with Crippen molar-refractivity contribution < 1.29 is 14.6 Å². The summed E-state index contributed by atoms with van der Waals surface area (Å²) >= 11 is 0. The maximum Gasteiger partial charge on any atom is 0.229 e. The average Bonchev–Trinajstić information content (AvgIpc) is 2.75. The Labute approximate surface area is 186 Å². The second kappa shape index (κ2) is 10.5. The van der Waals surface area contributed by atoms with Crippen LogP contribution in [-0.4, -0.2) is 35.4 Å². The number of phenols is 1. The van der Waals surface area contributed by atoms with E-state index in [1.807, 2.05) is 54.6 Å². The Morgan fingerprint density at radius 2 is 1.65 bits per heavy atom. The Morgan fingerprint density at radius 1 is 0.839 bits per heavy atom. The van der Waals surface area contributed by atoms with Crippen LogP contribution in [0.2, 0.25) is 0 Å². The molecule has 4 rings (SSSR count). The van der Waals surface area contributed by atoms with E-state index < -0.39 is 0 Å². The first-order valence-corrected chi connectivity index (χ1v) is 9.53. The van der Waals surface area contributed by atoms with Gasteiger partial charge in [0.05, 0.1) is 12.1 Å². The zero-order chi connectivity index (χ0) is 20.8. The third kappa shape index (κ3) is 5.75. The van der Waals surface area contributed by atoms with Gasteiger partial charge < -0.3 is 25.2 Å². The standard InChI is InChI=1S/C23H22N4O3.ClH/c1-29-13-14-30-19-11-9-16(10-12-19)25-23-26-21-8-3-2-7-20(21)22(27-23)24-17-5-4-6-18(28)15-17;/h2-12,15,28H,13-14H2,1H3,(H2,24,25,26,27);1H.